The molecule has 0 saturated carbocycles. The average molecular weight is 399 g/mol. The van der Waals surface area contributed by atoms with E-state index in [9.17, 15) is 9.59 Å². The summed E-state index contributed by atoms with van der Waals surface area (Å²) in [6, 6.07) is 18.0. The fourth-order valence-corrected chi connectivity index (χ4v) is 4.05. The molecule has 0 fully saturated rings. The Morgan fingerprint density at radius 2 is 1.80 bits per heavy atom. The highest BCUT2D eigenvalue weighted by atomic mass is 16.2. The number of Topliss-reactive ketones (excluding diaryl/α,β-unsaturated/α-hetero) is 1. The Kier molecular flexibility index (Phi) is 5.75. The lowest BCUT2D eigenvalue weighted by Gasteiger charge is -2.16. The summed E-state index contributed by atoms with van der Waals surface area (Å²) >= 11 is 0. The second kappa shape index (κ2) is 8.62. The quantitative estimate of drug-likeness (QED) is 0.538. The minimum atomic E-state index is 0.146. The summed E-state index contributed by atoms with van der Waals surface area (Å²) in [5.41, 5.74) is 7.28. The van der Waals surface area contributed by atoms with Crippen LogP contribution >= 0.6 is 0 Å². The van der Waals surface area contributed by atoms with Crippen LogP contribution in [0.3, 0.4) is 0 Å². The summed E-state index contributed by atoms with van der Waals surface area (Å²) in [7, 11) is 0. The molecule has 4 heteroatoms. The van der Waals surface area contributed by atoms with E-state index in [2.05, 4.69) is 17.1 Å². The Labute approximate surface area is 177 Å². The average Bonchev–Trinajstić information content (AvgIpc) is 3.21. The SMILES string of the molecule is CCC(=O)N1CCc2cc(-c3ccc(C(=O)CCc4cccnc4C)cc3)ccc21. The van der Waals surface area contributed by atoms with Crippen molar-refractivity contribution in [1.29, 1.82) is 0 Å². The van der Waals surface area contributed by atoms with E-state index in [-0.39, 0.29) is 11.7 Å². The Hall–Kier alpha value is -3.27. The smallest absolute Gasteiger partial charge is 0.226 e. The Bertz CT molecular complexity index is 1090. The number of hydrogen-bond donors (Lipinski definition) is 0. The highest BCUT2D eigenvalue weighted by Gasteiger charge is 2.23. The van der Waals surface area contributed by atoms with Crippen molar-refractivity contribution in [2.24, 2.45) is 0 Å². The number of aromatic nitrogens is 1. The van der Waals surface area contributed by atoms with Gasteiger partial charge in [0, 0.05) is 42.5 Å². The molecule has 4 rings (SSSR count). The van der Waals surface area contributed by atoms with Gasteiger partial charge in [0.2, 0.25) is 5.91 Å². The second-order valence-corrected chi connectivity index (χ2v) is 7.74. The predicted molar refractivity (Wildman–Crippen MR) is 120 cm³/mol. The van der Waals surface area contributed by atoms with Crippen molar-refractivity contribution >= 4 is 17.4 Å². The summed E-state index contributed by atoms with van der Waals surface area (Å²) < 4.78 is 0. The number of pyridine rings is 1. The maximum atomic E-state index is 12.6. The zero-order chi connectivity index (χ0) is 21.1. The van der Waals surface area contributed by atoms with Crippen molar-refractivity contribution in [3.05, 3.63) is 83.2 Å². The van der Waals surface area contributed by atoms with Gasteiger partial charge in [0.25, 0.3) is 0 Å². The molecule has 1 aliphatic heterocycles. The fraction of sp³-hybridized carbons (Fsp3) is 0.269. The molecule has 2 heterocycles. The van der Waals surface area contributed by atoms with Gasteiger partial charge in [0.1, 0.15) is 0 Å². The zero-order valence-electron chi connectivity index (χ0n) is 17.5. The van der Waals surface area contributed by atoms with Crippen LogP contribution in [0.2, 0.25) is 0 Å². The number of anilines is 1. The summed E-state index contributed by atoms with van der Waals surface area (Å²) in [4.78, 5) is 30.9. The van der Waals surface area contributed by atoms with Gasteiger partial charge in [-0.05, 0) is 60.2 Å². The molecular weight excluding hydrogens is 372 g/mol. The van der Waals surface area contributed by atoms with Crippen molar-refractivity contribution in [3.63, 3.8) is 0 Å². The van der Waals surface area contributed by atoms with Crippen LogP contribution in [-0.4, -0.2) is 23.2 Å². The number of ketones is 1. The monoisotopic (exact) mass is 398 g/mol. The van der Waals surface area contributed by atoms with Crippen LogP contribution in [0.15, 0.2) is 60.8 Å². The highest BCUT2D eigenvalue weighted by Crippen LogP contribution is 2.33. The first-order valence-electron chi connectivity index (χ1n) is 10.5. The lowest BCUT2D eigenvalue weighted by molar-refractivity contribution is -0.118. The normalized spacial score (nSPS) is 12.7. The maximum absolute atomic E-state index is 12.6. The third-order valence-electron chi connectivity index (χ3n) is 5.86. The maximum Gasteiger partial charge on any atom is 0.226 e. The topological polar surface area (TPSA) is 50.3 Å². The molecule has 30 heavy (non-hydrogen) atoms. The van der Waals surface area contributed by atoms with Crippen molar-refractivity contribution < 1.29 is 9.59 Å². The van der Waals surface area contributed by atoms with E-state index < -0.39 is 0 Å². The van der Waals surface area contributed by atoms with Gasteiger partial charge >= 0.3 is 0 Å². The summed E-state index contributed by atoms with van der Waals surface area (Å²) in [6.07, 6.45) is 4.37. The number of hydrogen-bond acceptors (Lipinski definition) is 3. The lowest BCUT2D eigenvalue weighted by Crippen LogP contribution is -2.27. The molecule has 152 valence electrons. The molecule has 1 aliphatic rings. The molecule has 0 aliphatic carbocycles. The van der Waals surface area contributed by atoms with Gasteiger partial charge in [0.15, 0.2) is 5.78 Å². The number of aryl methyl sites for hydroxylation is 2. The van der Waals surface area contributed by atoms with Crippen LogP contribution < -0.4 is 4.90 Å². The molecule has 0 spiro atoms. The minimum Gasteiger partial charge on any atom is -0.312 e. The molecule has 0 atom stereocenters. The molecule has 1 aromatic heterocycles. The summed E-state index contributed by atoms with van der Waals surface area (Å²) in [5.74, 6) is 0.318. The molecule has 0 bridgehead atoms. The van der Waals surface area contributed by atoms with Gasteiger partial charge in [-0.3, -0.25) is 14.6 Å². The molecule has 2 aromatic carbocycles. The molecular formula is C26H26N2O2. The largest absolute Gasteiger partial charge is 0.312 e. The van der Waals surface area contributed by atoms with Crippen LogP contribution in [-0.2, 0) is 17.6 Å². The van der Waals surface area contributed by atoms with E-state index >= 15 is 0 Å². The lowest BCUT2D eigenvalue weighted by atomic mass is 9.98. The molecule has 1 amide bonds. The van der Waals surface area contributed by atoms with Crippen LogP contribution in [0.5, 0.6) is 0 Å². The van der Waals surface area contributed by atoms with Crippen molar-refractivity contribution in [2.45, 2.75) is 39.5 Å². The first-order chi connectivity index (χ1) is 14.6. The molecule has 0 N–H and O–H groups in total. The number of amides is 1. The zero-order valence-corrected chi connectivity index (χ0v) is 17.5. The summed E-state index contributed by atoms with van der Waals surface area (Å²) in [5, 5.41) is 0. The van der Waals surface area contributed by atoms with E-state index in [1.807, 2.05) is 61.2 Å². The first kappa shape index (κ1) is 20.0. The third kappa shape index (κ3) is 4.04. The van der Waals surface area contributed by atoms with Gasteiger partial charge in [-0.1, -0.05) is 43.3 Å². The van der Waals surface area contributed by atoms with Gasteiger partial charge in [-0.2, -0.15) is 0 Å². The van der Waals surface area contributed by atoms with Gasteiger partial charge in [0.05, 0.1) is 0 Å². The Morgan fingerprint density at radius 1 is 1.03 bits per heavy atom. The van der Waals surface area contributed by atoms with E-state index in [4.69, 9.17) is 0 Å². The predicted octanol–water partition coefficient (Wildman–Crippen LogP) is 5.17. The van der Waals surface area contributed by atoms with Crippen molar-refractivity contribution in [3.8, 4) is 11.1 Å². The summed E-state index contributed by atoms with van der Waals surface area (Å²) in [6.45, 7) is 4.63. The number of rotatable bonds is 6. The Morgan fingerprint density at radius 3 is 2.53 bits per heavy atom. The second-order valence-electron chi connectivity index (χ2n) is 7.74. The van der Waals surface area contributed by atoms with Crippen LogP contribution in [0.25, 0.3) is 11.1 Å². The fourth-order valence-electron chi connectivity index (χ4n) is 4.05. The number of fused-ring (bicyclic) bond motifs is 1. The van der Waals surface area contributed by atoms with E-state index in [0.29, 0.717) is 19.3 Å². The minimum absolute atomic E-state index is 0.146. The third-order valence-corrected chi connectivity index (χ3v) is 5.86. The van der Waals surface area contributed by atoms with Crippen LogP contribution in [0.1, 0.15) is 46.9 Å². The van der Waals surface area contributed by atoms with Gasteiger partial charge in [-0.25, -0.2) is 0 Å². The number of nitrogens with zero attached hydrogens (tertiary/aromatic N) is 2. The van der Waals surface area contributed by atoms with Crippen LogP contribution in [0.4, 0.5) is 5.69 Å². The molecule has 0 saturated heterocycles. The van der Waals surface area contributed by atoms with Crippen LogP contribution in [0, 0.1) is 6.92 Å². The van der Waals surface area contributed by atoms with Gasteiger partial charge in [-0.15, -0.1) is 0 Å². The van der Waals surface area contributed by atoms with E-state index in [1.54, 1.807) is 6.20 Å². The van der Waals surface area contributed by atoms with E-state index in [0.717, 1.165) is 46.6 Å². The van der Waals surface area contributed by atoms with Crippen molar-refractivity contribution in [1.82, 2.24) is 4.98 Å². The number of benzene rings is 2. The molecule has 3 aromatic rings. The standard InChI is InChI=1S/C26H26N2O2/c1-3-26(30)28-16-14-23-17-22(10-12-24(23)28)20-6-8-21(9-7-20)25(29)13-11-19-5-4-15-27-18(19)2/h4-10,12,15,17H,3,11,13-14,16H2,1-2H3. The van der Waals surface area contributed by atoms with E-state index in [1.165, 1.54) is 5.56 Å². The molecule has 0 unspecified atom stereocenters. The molecule has 0 radical (unpaired) electrons. The van der Waals surface area contributed by atoms with Gasteiger partial charge < -0.3 is 4.90 Å². The highest BCUT2D eigenvalue weighted by molar-refractivity contribution is 5.97. The van der Waals surface area contributed by atoms with Crippen molar-refractivity contribution in [2.75, 3.05) is 11.4 Å². The Balaban J connectivity index is 1.45. The first-order valence-corrected chi connectivity index (χ1v) is 10.5. The molecule has 4 nitrogen and oxygen atoms in total. The number of carbonyl (C=O) groups is 2. The number of carbonyl (C=O) groups excluding carboxylic acids is 2.